The van der Waals surface area contributed by atoms with Gasteiger partial charge in [-0.25, -0.2) is 4.98 Å². The minimum atomic E-state index is -0.140. The Hall–Kier alpha value is -0.490. The van der Waals surface area contributed by atoms with E-state index in [0.717, 1.165) is 36.6 Å². The van der Waals surface area contributed by atoms with Crippen LogP contribution in [0.4, 0.5) is 0 Å². The number of hydrazine groups is 1. The molecule has 3 unspecified atom stereocenters. The molecule has 20 heavy (non-hydrogen) atoms. The van der Waals surface area contributed by atoms with E-state index in [1.165, 1.54) is 12.8 Å². The number of rotatable bonds is 6. The van der Waals surface area contributed by atoms with Crippen molar-refractivity contribution in [3.05, 3.63) is 16.1 Å². The van der Waals surface area contributed by atoms with Gasteiger partial charge in [0.1, 0.15) is 0 Å². The van der Waals surface area contributed by atoms with E-state index < -0.39 is 0 Å². The molecule has 0 amide bonds. The van der Waals surface area contributed by atoms with Crippen molar-refractivity contribution in [1.29, 1.82) is 0 Å². The maximum absolute atomic E-state index is 6.21. The average molecular weight is 297 g/mol. The van der Waals surface area contributed by atoms with Gasteiger partial charge in [0.25, 0.3) is 0 Å². The van der Waals surface area contributed by atoms with Crippen LogP contribution in [0.15, 0.2) is 5.38 Å². The molecule has 0 radical (unpaired) electrons. The summed E-state index contributed by atoms with van der Waals surface area (Å²) in [6.07, 6.45) is 5.52. The largest absolute Gasteiger partial charge is 0.374 e. The fraction of sp³-hybridized carbons (Fsp3) is 0.800. The molecule has 1 aliphatic rings. The van der Waals surface area contributed by atoms with Crippen LogP contribution in [0.2, 0.25) is 0 Å². The zero-order chi connectivity index (χ0) is 14.6. The van der Waals surface area contributed by atoms with Crippen molar-refractivity contribution in [1.82, 2.24) is 10.4 Å². The molecule has 0 aliphatic heterocycles. The summed E-state index contributed by atoms with van der Waals surface area (Å²) < 4.78 is 6.21. The monoisotopic (exact) mass is 297 g/mol. The molecule has 3 N–H and O–H groups in total. The van der Waals surface area contributed by atoms with Gasteiger partial charge in [0, 0.05) is 18.4 Å². The molecule has 1 aromatic rings. The lowest BCUT2D eigenvalue weighted by Gasteiger charge is -2.45. The van der Waals surface area contributed by atoms with E-state index in [4.69, 9.17) is 10.6 Å². The van der Waals surface area contributed by atoms with Crippen LogP contribution < -0.4 is 11.3 Å². The van der Waals surface area contributed by atoms with Crippen molar-refractivity contribution < 1.29 is 4.74 Å². The quantitative estimate of drug-likeness (QED) is 0.626. The summed E-state index contributed by atoms with van der Waals surface area (Å²) in [5.41, 5.74) is 3.99. The first kappa shape index (κ1) is 15.9. The van der Waals surface area contributed by atoms with E-state index in [1.54, 1.807) is 11.3 Å². The number of ether oxygens (including phenoxy) is 1. The molecule has 2 rings (SSSR count). The average Bonchev–Trinajstić information content (AvgIpc) is 2.82. The number of nitrogens with one attached hydrogen (secondary N) is 1. The molecule has 5 heteroatoms. The van der Waals surface area contributed by atoms with Gasteiger partial charge in [-0.1, -0.05) is 19.8 Å². The Balaban J connectivity index is 2.15. The number of aromatic nitrogens is 1. The first-order valence-electron chi connectivity index (χ1n) is 7.60. The summed E-state index contributed by atoms with van der Waals surface area (Å²) in [5, 5.41) is 3.24. The highest BCUT2D eigenvalue weighted by molar-refractivity contribution is 7.09. The van der Waals surface area contributed by atoms with Crippen molar-refractivity contribution in [2.24, 2.45) is 11.8 Å². The molecule has 1 aliphatic carbocycles. The first-order valence-corrected chi connectivity index (χ1v) is 8.48. The third-order valence-corrected chi connectivity index (χ3v) is 5.16. The van der Waals surface area contributed by atoms with Crippen molar-refractivity contribution in [3.63, 3.8) is 0 Å². The summed E-state index contributed by atoms with van der Waals surface area (Å²) in [6.45, 7) is 7.16. The van der Waals surface area contributed by atoms with Gasteiger partial charge in [-0.3, -0.25) is 11.3 Å². The van der Waals surface area contributed by atoms with Crippen LogP contribution in [-0.2, 0) is 11.2 Å². The van der Waals surface area contributed by atoms with Crippen molar-refractivity contribution >= 4 is 11.3 Å². The molecular weight excluding hydrogens is 270 g/mol. The highest BCUT2D eigenvalue weighted by Gasteiger charge is 2.42. The molecule has 114 valence electrons. The molecular formula is C15H27N3OS. The maximum Gasteiger partial charge on any atom is 0.0897 e. The second kappa shape index (κ2) is 6.98. The molecule has 0 saturated heterocycles. The minimum Gasteiger partial charge on any atom is -0.374 e. The number of aryl methyl sites for hydroxylation is 1. The molecule has 4 nitrogen and oxygen atoms in total. The normalized spacial score (nSPS) is 28.5. The first-order chi connectivity index (χ1) is 9.59. The summed E-state index contributed by atoms with van der Waals surface area (Å²) >= 11 is 1.70. The Kier molecular flexibility index (Phi) is 5.55. The maximum atomic E-state index is 6.21. The third kappa shape index (κ3) is 3.58. The van der Waals surface area contributed by atoms with Crippen LogP contribution >= 0.6 is 11.3 Å². The Morgan fingerprint density at radius 1 is 1.65 bits per heavy atom. The van der Waals surface area contributed by atoms with Gasteiger partial charge in [-0.2, -0.15) is 0 Å². The SMILES string of the molecule is CCOC1(C(Cc2csc(C)n2)NN)CCCC(C)C1. The van der Waals surface area contributed by atoms with Gasteiger partial charge in [-0.05, 0) is 32.6 Å². The molecule has 0 spiro atoms. The van der Waals surface area contributed by atoms with Gasteiger partial charge >= 0.3 is 0 Å². The van der Waals surface area contributed by atoms with Gasteiger partial charge in [0.2, 0.25) is 0 Å². The summed E-state index contributed by atoms with van der Waals surface area (Å²) in [6, 6.07) is 0.131. The fourth-order valence-corrected chi connectivity index (χ4v) is 4.11. The highest BCUT2D eigenvalue weighted by atomic mass is 32.1. The predicted molar refractivity (Wildman–Crippen MR) is 83.7 cm³/mol. The number of hydrogen-bond donors (Lipinski definition) is 2. The van der Waals surface area contributed by atoms with E-state index in [9.17, 15) is 0 Å². The molecule has 1 heterocycles. The van der Waals surface area contributed by atoms with Crippen LogP contribution in [-0.4, -0.2) is 23.2 Å². The zero-order valence-corrected chi connectivity index (χ0v) is 13.6. The van der Waals surface area contributed by atoms with Crippen LogP contribution in [0.5, 0.6) is 0 Å². The standard InChI is InChI=1S/C15H27N3OS/c1-4-19-15(7-5-6-11(2)9-15)14(18-16)8-13-10-20-12(3)17-13/h10-11,14,18H,4-9,16H2,1-3H3. The minimum absolute atomic E-state index is 0.131. The lowest BCUT2D eigenvalue weighted by molar-refractivity contribution is -0.100. The van der Waals surface area contributed by atoms with E-state index >= 15 is 0 Å². The zero-order valence-electron chi connectivity index (χ0n) is 12.8. The molecule has 1 fully saturated rings. The number of nitrogens with two attached hydrogens (primary N) is 1. The van der Waals surface area contributed by atoms with Gasteiger partial charge in [0.05, 0.1) is 22.3 Å². The predicted octanol–water partition coefficient (Wildman–Crippen LogP) is 2.81. The Bertz CT molecular complexity index is 419. The Labute approximate surface area is 126 Å². The van der Waals surface area contributed by atoms with Crippen LogP contribution in [0.25, 0.3) is 0 Å². The van der Waals surface area contributed by atoms with E-state index in [-0.39, 0.29) is 11.6 Å². The smallest absolute Gasteiger partial charge is 0.0897 e. The van der Waals surface area contributed by atoms with Gasteiger partial charge in [-0.15, -0.1) is 11.3 Å². The summed E-state index contributed by atoms with van der Waals surface area (Å²) in [7, 11) is 0. The van der Waals surface area contributed by atoms with Crippen molar-refractivity contribution in [3.8, 4) is 0 Å². The Morgan fingerprint density at radius 3 is 3.00 bits per heavy atom. The van der Waals surface area contributed by atoms with Gasteiger partial charge in [0.15, 0.2) is 0 Å². The lowest BCUT2D eigenvalue weighted by atomic mass is 9.73. The van der Waals surface area contributed by atoms with E-state index in [2.05, 4.69) is 29.6 Å². The molecule has 3 atom stereocenters. The second-order valence-corrected chi connectivity index (χ2v) is 7.04. The number of nitrogens with zero attached hydrogens (tertiary/aromatic N) is 1. The van der Waals surface area contributed by atoms with Crippen LogP contribution in [0, 0.1) is 12.8 Å². The fourth-order valence-electron chi connectivity index (χ4n) is 3.49. The number of thiazole rings is 1. The summed E-state index contributed by atoms with van der Waals surface area (Å²) in [4.78, 5) is 4.57. The molecule has 1 aromatic heterocycles. The topological polar surface area (TPSA) is 60.2 Å². The Morgan fingerprint density at radius 2 is 2.45 bits per heavy atom. The van der Waals surface area contributed by atoms with Gasteiger partial charge < -0.3 is 4.74 Å². The van der Waals surface area contributed by atoms with Crippen LogP contribution in [0.3, 0.4) is 0 Å². The van der Waals surface area contributed by atoms with Crippen molar-refractivity contribution in [2.45, 2.75) is 64.5 Å². The highest BCUT2D eigenvalue weighted by Crippen LogP contribution is 2.38. The third-order valence-electron chi connectivity index (χ3n) is 4.34. The van der Waals surface area contributed by atoms with Crippen molar-refractivity contribution in [2.75, 3.05) is 6.61 Å². The second-order valence-electron chi connectivity index (χ2n) is 5.98. The van der Waals surface area contributed by atoms with E-state index in [1.807, 2.05) is 6.92 Å². The molecule has 1 saturated carbocycles. The van der Waals surface area contributed by atoms with E-state index in [0.29, 0.717) is 5.92 Å². The molecule has 0 aromatic carbocycles. The lowest BCUT2D eigenvalue weighted by Crippen LogP contribution is -2.58. The van der Waals surface area contributed by atoms with Crippen LogP contribution in [0.1, 0.15) is 50.2 Å². The summed E-state index contributed by atoms with van der Waals surface area (Å²) in [5.74, 6) is 6.56. The number of hydrogen-bond acceptors (Lipinski definition) is 5. The molecule has 0 bridgehead atoms.